The number of nitrogens with zero attached hydrogens (tertiary/aromatic N) is 2. The Bertz CT molecular complexity index is 270. The van der Waals surface area contributed by atoms with Crippen LogP contribution in [0.4, 0.5) is 0 Å². The molecule has 2 N–H and O–H groups in total. The third kappa shape index (κ3) is 2.19. The summed E-state index contributed by atoms with van der Waals surface area (Å²) in [5.74, 6) is -0.147. The van der Waals surface area contributed by atoms with E-state index in [1.807, 2.05) is 0 Å². The van der Waals surface area contributed by atoms with Crippen molar-refractivity contribution in [1.82, 2.24) is 10.2 Å². The number of aromatic nitrogens is 2. The van der Waals surface area contributed by atoms with Crippen LogP contribution in [0.1, 0.15) is 5.69 Å². The molecule has 0 aliphatic rings. The number of rotatable bonds is 3. The number of carbonyl (C=O) groups is 1. The number of hydrogen-bond donors (Lipinski definition) is 1. The van der Waals surface area contributed by atoms with Gasteiger partial charge in [0.25, 0.3) is 0 Å². The van der Waals surface area contributed by atoms with Crippen molar-refractivity contribution in [3.8, 4) is 5.88 Å². The van der Waals surface area contributed by atoms with E-state index in [-0.39, 0.29) is 0 Å². The van der Waals surface area contributed by atoms with Crippen LogP contribution < -0.4 is 10.5 Å². The summed E-state index contributed by atoms with van der Waals surface area (Å²) in [6.07, 6.45) is 1.19. The first kappa shape index (κ1) is 8.45. The molecule has 0 fully saturated rings. The molecular formula is C7H8N3O2. The molecule has 0 spiro atoms. The molecular weight excluding hydrogens is 158 g/mol. The molecule has 12 heavy (non-hydrogen) atoms. The molecule has 0 bridgehead atoms. The molecule has 5 nitrogen and oxygen atoms in total. The number of ether oxygens (including phenoxy) is 1. The fraction of sp³-hybridized carbons (Fsp3) is 0.143. The zero-order chi connectivity index (χ0) is 8.97. The SMILES string of the molecule is COc1ccc([CH]C(N)=O)nn1. The second-order valence-electron chi connectivity index (χ2n) is 2.05. The summed E-state index contributed by atoms with van der Waals surface area (Å²) in [6.45, 7) is 0. The fourth-order valence-electron chi connectivity index (χ4n) is 0.662. The first-order valence-electron chi connectivity index (χ1n) is 3.24. The van der Waals surface area contributed by atoms with Gasteiger partial charge in [-0.15, -0.1) is 5.10 Å². The molecule has 0 unspecified atom stereocenters. The monoisotopic (exact) mass is 166 g/mol. The molecule has 1 heterocycles. The number of carbonyl (C=O) groups excluding carboxylic acids is 1. The quantitative estimate of drug-likeness (QED) is 0.658. The Morgan fingerprint density at radius 2 is 2.33 bits per heavy atom. The first-order valence-corrected chi connectivity index (χ1v) is 3.24. The smallest absolute Gasteiger partial charge is 0.233 e. The molecule has 1 aromatic heterocycles. The van der Waals surface area contributed by atoms with Crippen molar-refractivity contribution in [2.24, 2.45) is 5.73 Å². The topological polar surface area (TPSA) is 78.1 Å². The summed E-state index contributed by atoms with van der Waals surface area (Å²) in [7, 11) is 1.49. The number of amides is 1. The van der Waals surface area contributed by atoms with Gasteiger partial charge in [-0.3, -0.25) is 4.79 Å². The molecule has 0 aliphatic heterocycles. The van der Waals surface area contributed by atoms with Gasteiger partial charge in [0.05, 0.1) is 19.2 Å². The third-order valence-corrected chi connectivity index (χ3v) is 1.16. The Balaban J connectivity index is 2.71. The van der Waals surface area contributed by atoms with Gasteiger partial charge in [-0.25, -0.2) is 0 Å². The summed E-state index contributed by atoms with van der Waals surface area (Å²) in [5, 5.41) is 7.30. The van der Waals surface area contributed by atoms with Gasteiger partial charge in [-0.1, -0.05) is 0 Å². The normalized spacial score (nSPS) is 9.42. The van der Waals surface area contributed by atoms with Gasteiger partial charge in [0.1, 0.15) is 0 Å². The summed E-state index contributed by atoms with van der Waals surface area (Å²) in [5.41, 5.74) is 5.32. The second-order valence-corrected chi connectivity index (χ2v) is 2.05. The van der Waals surface area contributed by atoms with E-state index in [9.17, 15) is 4.79 Å². The maximum absolute atomic E-state index is 10.4. The molecule has 1 radical (unpaired) electrons. The lowest BCUT2D eigenvalue weighted by Gasteiger charge is -1.97. The van der Waals surface area contributed by atoms with Crippen molar-refractivity contribution in [2.75, 3.05) is 7.11 Å². The average Bonchev–Trinajstić information content (AvgIpc) is 2.05. The van der Waals surface area contributed by atoms with Crippen LogP contribution in [-0.4, -0.2) is 23.2 Å². The second kappa shape index (κ2) is 3.66. The van der Waals surface area contributed by atoms with Crippen molar-refractivity contribution in [2.45, 2.75) is 0 Å². The van der Waals surface area contributed by atoms with Crippen LogP contribution in [-0.2, 0) is 4.79 Å². The number of methoxy groups -OCH3 is 1. The van der Waals surface area contributed by atoms with Gasteiger partial charge in [-0.2, -0.15) is 5.10 Å². The summed E-state index contributed by atoms with van der Waals surface area (Å²) < 4.78 is 4.77. The number of primary amides is 1. The Morgan fingerprint density at radius 1 is 1.58 bits per heavy atom. The maximum Gasteiger partial charge on any atom is 0.233 e. The van der Waals surface area contributed by atoms with Crippen LogP contribution >= 0.6 is 0 Å². The lowest BCUT2D eigenvalue weighted by molar-refractivity contribution is -0.114. The fourth-order valence-corrected chi connectivity index (χ4v) is 0.662. The molecule has 1 amide bonds. The van der Waals surface area contributed by atoms with Crippen molar-refractivity contribution < 1.29 is 9.53 Å². The molecule has 1 aromatic rings. The van der Waals surface area contributed by atoms with Crippen LogP contribution in [0.15, 0.2) is 12.1 Å². The lowest BCUT2D eigenvalue weighted by atomic mass is 10.3. The average molecular weight is 166 g/mol. The van der Waals surface area contributed by atoms with Crippen molar-refractivity contribution in [3.63, 3.8) is 0 Å². The highest BCUT2D eigenvalue weighted by molar-refractivity contribution is 5.86. The highest BCUT2D eigenvalue weighted by Gasteiger charge is 2.01. The molecule has 0 aliphatic carbocycles. The van der Waals surface area contributed by atoms with Crippen LogP contribution in [0, 0.1) is 6.42 Å². The van der Waals surface area contributed by atoms with Gasteiger partial charge in [0, 0.05) is 6.07 Å². The van der Waals surface area contributed by atoms with Gasteiger partial charge < -0.3 is 10.5 Å². The van der Waals surface area contributed by atoms with Crippen LogP contribution in [0.25, 0.3) is 0 Å². The van der Waals surface area contributed by atoms with Gasteiger partial charge >= 0.3 is 0 Å². The third-order valence-electron chi connectivity index (χ3n) is 1.16. The van der Waals surface area contributed by atoms with Crippen molar-refractivity contribution in [1.29, 1.82) is 0 Å². The zero-order valence-corrected chi connectivity index (χ0v) is 6.52. The predicted octanol–water partition coefficient (Wildman–Crippen LogP) is -0.477. The number of nitrogens with two attached hydrogens (primary N) is 1. The van der Waals surface area contributed by atoms with E-state index < -0.39 is 5.91 Å². The van der Waals surface area contributed by atoms with E-state index in [0.717, 1.165) is 0 Å². The standard InChI is InChI=1S/C7H8N3O2/c1-12-7-3-2-5(9-10-7)4-6(8)11/h2-4H,1H3,(H2,8,11). The van der Waals surface area contributed by atoms with E-state index in [1.54, 1.807) is 12.1 Å². The van der Waals surface area contributed by atoms with Crippen molar-refractivity contribution in [3.05, 3.63) is 24.2 Å². The molecule has 0 saturated heterocycles. The van der Waals surface area contributed by atoms with Gasteiger partial charge in [0.2, 0.25) is 11.8 Å². The molecule has 63 valence electrons. The number of hydrogen-bond acceptors (Lipinski definition) is 4. The summed E-state index contributed by atoms with van der Waals surface area (Å²) in [6, 6.07) is 3.19. The van der Waals surface area contributed by atoms with Crippen LogP contribution in [0.5, 0.6) is 5.88 Å². The molecule has 0 atom stereocenters. The van der Waals surface area contributed by atoms with Crippen LogP contribution in [0.3, 0.4) is 0 Å². The van der Waals surface area contributed by atoms with E-state index in [1.165, 1.54) is 13.5 Å². The van der Waals surface area contributed by atoms with E-state index in [0.29, 0.717) is 11.6 Å². The molecule has 0 aromatic carbocycles. The minimum Gasteiger partial charge on any atom is -0.480 e. The van der Waals surface area contributed by atoms with E-state index in [2.05, 4.69) is 10.2 Å². The van der Waals surface area contributed by atoms with E-state index in [4.69, 9.17) is 10.5 Å². The Kier molecular flexibility index (Phi) is 2.57. The zero-order valence-electron chi connectivity index (χ0n) is 6.52. The predicted molar refractivity (Wildman–Crippen MR) is 41.2 cm³/mol. The minimum atomic E-state index is -0.547. The molecule has 1 rings (SSSR count). The lowest BCUT2D eigenvalue weighted by Crippen LogP contribution is -2.12. The molecule has 5 heteroatoms. The van der Waals surface area contributed by atoms with Gasteiger partial charge in [-0.05, 0) is 6.07 Å². The minimum absolute atomic E-state index is 0.400. The van der Waals surface area contributed by atoms with Gasteiger partial charge in [0.15, 0.2) is 0 Å². The Labute approximate surface area is 69.5 Å². The van der Waals surface area contributed by atoms with Crippen molar-refractivity contribution >= 4 is 5.91 Å². The highest BCUT2D eigenvalue weighted by atomic mass is 16.5. The molecule has 0 saturated carbocycles. The first-order chi connectivity index (χ1) is 5.72. The van der Waals surface area contributed by atoms with E-state index >= 15 is 0 Å². The largest absolute Gasteiger partial charge is 0.480 e. The highest BCUT2D eigenvalue weighted by Crippen LogP contribution is 2.04. The summed E-state index contributed by atoms with van der Waals surface area (Å²) in [4.78, 5) is 10.4. The Morgan fingerprint density at radius 3 is 2.75 bits per heavy atom. The Hall–Kier alpha value is -1.65. The maximum atomic E-state index is 10.4. The van der Waals surface area contributed by atoms with Crippen LogP contribution in [0.2, 0.25) is 0 Å². The summed E-state index contributed by atoms with van der Waals surface area (Å²) >= 11 is 0.